The molecule has 3 rings (SSSR count). The summed E-state index contributed by atoms with van der Waals surface area (Å²) >= 11 is 0. The average molecular weight is 337 g/mol. The van der Waals surface area contributed by atoms with Crippen molar-refractivity contribution in [1.29, 1.82) is 0 Å². The lowest BCUT2D eigenvalue weighted by Crippen LogP contribution is -2.17. The van der Waals surface area contributed by atoms with E-state index in [2.05, 4.69) is 17.2 Å². The summed E-state index contributed by atoms with van der Waals surface area (Å²) in [6.07, 6.45) is 3.38. The SMILES string of the molecule is CCOc1cccn2c(C(=O)Nc3ccccc3CC)c(CC)nc12. The topological polar surface area (TPSA) is 55.6 Å². The number of para-hydroxylation sites is 1. The zero-order valence-corrected chi connectivity index (χ0v) is 14.9. The van der Waals surface area contributed by atoms with Crippen molar-refractivity contribution in [1.82, 2.24) is 9.38 Å². The first-order valence-corrected chi connectivity index (χ1v) is 8.71. The van der Waals surface area contributed by atoms with Crippen LogP contribution in [-0.2, 0) is 12.8 Å². The largest absolute Gasteiger partial charge is 0.490 e. The molecular formula is C20H23N3O2. The van der Waals surface area contributed by atoms with Crippen LogP contribution >= 0.6 is 0 Å². The zero-order chi connectivity index (χ0) is 17.8. The predicted molar refractivity (Wildman–Crippen MR) is 99.5 cm³/mol. The highest BCUT2D eigenvalue weighted by molar-refractivity contribution is 6.05. The van der Waals surface area contributed by atoms with E-state index in [1.807, 2.05) is 60.8 Å². The maximum atomic E-state index is 13.0. The summed E-state index contributed by atoms with van der Waals surface area (Å²) in [5, 5.41) is 3.04. The number of nitrogens with one attached hydrogen (secondary N) is 1. The molecule has 130 valence electrons. The fraction of sp³-hybridized carbons (Fsp3) is 0.300. The van der Waals surface area contributed by atoms with Crippen LogP contribution in [0.15, 0.2) is 42.6 Å². The van der Waals surface area contributed by atoms with Gasteiger partial charge in [-0.05, 0) is 43.5 Å². The molecule has 0 saturated carbocycles. The quantitative estimate of drug-likeness (QED) is 0.736. The van der Waals surface area contributed by atoms with E-state index in [0.717, 1.165) is 23.4 Å². The molecule has 2 aromatic heterocycles. The van der Waals surface area contributed by atoms with Crippen LogP contribution < -0.4 is 10.1 Å². The van der Waals surface area contributed by atoms with E-state index >= 15 is 0 Å². The van der Waals surface area contributed by atoms with Gasteiger partial charge in [0, 0.05) is 11.9 Å². The summed E-state index contributed by atoms with van der Waals surface area (Å²) in [5.41, 5.74) is 3.95. The van der Waals surface area contributed by atoms with Crippen molar-refractivity contribution < 1.29 is 9.53 Å². The number of hydrogen-bond donors (Lipinski definition) is 1. The molecule has 0 saturated heterocycles. The maximum absolute atomic E-state index is 13.0. The minimum Gasteiger partial charge on any atom is -0.490 e. The van der Waals surface area contributed by atoms with Gasteiger partial charge in [0.05, 0.1) is 12.3 Å². The van der Waals surface area contributed by atoms with Crippen LogP contribution in [0.3, 0.4) is 0 Å². The fourth-order valence-electron chi connectivity index (χ4n) is 2.98. The molecule has 0 aliphatic rings. The van der Waals surface area contributed by atoms with Gasteiger partial charge in [-0.25, -0.2) is 4.98 Å². The van der Waals surface area contributed by atoms with Gasteiger partial charge in [-0.15, -0.1) is 0 Å². The zero-order valence-electron chi connectivity index (χ0n) is 14.9. The van der Waals surface area contributed by atoms with Gasteiger partial charge < -0.3 is 10.1 Å². The van der Waals surface area contributed by atoms with Gasteiger partial charge >= 0.3 is 0 Å². The third kappa shape index (κ3) is 3.22. The number of amides is 1. The van der Waals surface area contributed by atoms with Crippen molar-refractivity contribution in [3.8, 4) is 5.75 Å². The van der Waals surface area contributed by atoms with E-state index in [0.29, 0.717) is 30.1 Å². The van der Waals surface area contributed by atoms with Crippen molar-refractivity contribution in [2.45, 2.75) is 33.6 Å². The van der Waals surface area contributed by atoms with Crippen LogP contribution in [-0.4, -0.2) is 21.9 Å². The average Bonchev–Trinajstić information content (AvgIpc) is 3.02. The minimum atomic E-state index is -0.154. The number of hydrogen-bond acceptors (Lipinski definition) is 3. The lowest BCUT2D eigenvalue weighted by atomic mass is 10.1. The number of ether oxygens (including phenoxy) is 1. The van der Waals surface area contributed by atoms with E-state index in [4.69, 9.17) is 4.74 Å². The number of aryl methyl sites for hydroxylation is 2. The molecule has 0 fully saturated rings. The van der Waals surface area contributed by atoms with Gasteiger partial charge in [0.15, 0.2) is 11.4 Å². The highest BCUT2D eigenvalue weighted by Gasteiger charge is 2.20. The van der Waals surface area contributed by atoms with Crippen LogP contribution in [0, 0.1) is 0 Å². The van der Waals surface area contributed by atoms with Crippen molar-refractivity contribution in [3.05, 3.63) is 59.5 Å². The lowest BCUT2D eigenvalue weighted by molar-refractivity contribution is 0.102. The normalized spacial score (nSPS) is 10.8. The molecule has 0 bridgehead atoms. The molecule has 0 unspecified atom stereocenters. The number of benzene rings is 1. The Morgan fingerprint density at radius 1 is 1.12 bits per heavy atom. The molecule has 1 aromatic carbocycles. The van der Waals surface area contributed by atoms with Crippen LogP contribution in [0.4, 0.5) is 5.69 Å². The molecule has 5 nitrogen and oxygen atoms in total. The predicted octanol–water partition coefficient (Wildman–Crippen LogP) is 4.11. The minimum absolute atomic E-state index is 0.154. The Bertz CT molecular complexity index is 899. The molecule has 0 radical (unpaired) electrons. The van der Waals surface area contributed by atoms with Gasteiger partial charge in [-0.3, -0.25) is 9.20 Å². The first kappa shape index (κ1) is 17.0. The molecule has 1 N–H and O–H groups in total. The Morgan fingerprint density at radius 3 is 2.64 bits per heavy atom. The Kier molecular flexibility index (Phi) is 5.03. The Morgan fingerprint density at radius 2 is 1.92 bits per heavy atom. The van der Waals surface area contributed by atoms with Crippen molar-refractivity contribution in [2.75, 3.05) is 11.9 Å². The number of fused-ring (bicyclic) bond motifs is 1. The van der Waals surface area contributed by atoms with Crippen molar-refractivity contribution in [2.24, 2.45) is 0 Å². The highest BCUT2D eigenvalue weighted by atomic mass is 16.5. The van der Waals surface area contributed by atoms with Gasteiger partial charge in [0.2, 0.25) is 0 Å². The highest BCUT2D eigenvalue weighted by Crippen LogP contribution is 2.24. The number of rotatable bonds is 6. The second kappa shape index (κ2) is 7.38. The Hall–Kier alpha value is -2.82. The lowest BCUT2D eigenvalue weighted by Gasteiger charge is -2.11. The van der Waals surface area contributed by atoms with Crippen LogP contribution in [0.2, 0.25) is 0 Å². The molecule has 0 aliphatic heterocycles. The second-order valence-corrected chi connectivity index (χ2v) is 5.72. The molecule has 5 heteroatoms. The van der Waals surface area contributed by atoms with Crippen LogP contribution in [0.25, 0.3) is 5.65 Å². The van der Waals surface area contributed by atoms with Crippen molar-refractivity contribution in [3.63, 3.8) is 0 Å². The molecule has 1 amide bonds. The van der Waals surface area contributed by atoms with E-state index in [9.17, 15) is 4.79 Å². The number of pyridine rings is 1. The van der Waals surface area contributed by atoms with Gasteiger partial charge in [0.1, 0.15) is 5.69 Å². The van der Waals surface area contributed by atoms with Crippen LogP contribution in [0.5, 0.6) is 5.75 Å². The van der Waals surface area contributed by atoms with Crippen molar-refractivity contribution >= 4 is 17.2 Å². The standard InChI is InChI=1S/C20H23N3O2/c1-4-14-10-7-8-11-16(14)22-20(24)18-15(5-2)21-19-17(25-6-3)12-9-13-23(18)19/h7-13H,4-6H2,1-3H3,(H,22,24). The number of anilines is 1. The molecule has 0 atom stereocenters. The van der Waals surface area contributed by atoms with E-state index in [-0.39, 0.29) is 5.91 Å². The van der Waals surface area contributed by atoms with E-state index in [1.165, 1.54) is 0 Å². The second-order valence-electron chi connectivity index (χ2n) is 5.72. The molecular weight excluding hydrogens is 314 g/mol. The number of carbonyl (C=O) groups is 1. The summed E-state index contributed by atoms with van der Waals surface area (Å²) in [5.74, 6) is 0.534. The molecule has 3 aromatic rings. The molecule has 0 spiro atoms. The first-order chi connectivity index (χ1) is 12.2. The summed E-state index contributed by atoms with van der Waals surface area (Å²) in [6.45, 7) is 6.56. The number of carbonyl (C=O) groups excluding carboxylic acids is 1. The summed E-state index contributed by atoms with van der Waals surface area (Å²) in [7, 11) is 0. The van der Waals surface area contributed by atoms with Gasteiger partial charge in [-0.2, -0.15) is 0 Å². The van der Waals surface area contributed by atoms with Gasteiger partial charge in [0.25, 0.3) is 5.91 Å². The van der Waals surface area contributed by atoms with E-state index < -0.39 is 0 Å². The van der Waals surface area contributed by atoms with Crippen LogP contribution in [0.1, 0.15) is 42.5 Å². The fourth-order valence-corrected chi connectivity index (χ4v) is 2.98. The molecule has 2 heterocycles. The maximum Gasteiger partial charge on any atom is 0.274 e. The van der Waals surface area contributed by atoms with E-state index in [1.54, 1.807) is 0 Å². The molecule has 25 heavy (non-hydrogen) atoms. The Balaban J connectivity index is 2.05. The third-order valence-electron chi connectivity index (χ3n) is 4.18. The molecule has 0 aliphatic carbocycles. The first-order valence-electron chi connectivity index (χ1n) is 8.71. The Labute approximate surface area is 147 Å². The number of aromatic nitrogens is 2. The summed E-state index contributed by atoms with van der Waals surface area (Å²) in [4.78, 5) is 17.6. The number of imidazole rings is 1. The monoisotopic (exact) mass is 337 g/mol. The third-order valence-corrected chi connectivity index (χ3v) is 4.18. The summed E-state index contributed by atoms with van der Waals surface area (Å²) < 4.78 is 7.46. The summed E-state index contributed by atoms with van der Waals surface area (Å²) in [6, 6.07) is 11.6. The smallest absolute Gasteiger partial charge is 0.274 e. The number of nitrogens with zero attached hydrogens (tertiary/aromatic N) is 2. The van der Waals surface area contributed by atoms with Gasteiger partial charge in [-0.1, -0.05) is 32.0 Å².